The molecule has 0 saturated carbocycles. The summed E-state index contributed by atoms with van der Waals surface area (Å²) >= 11 is 1.32. The zero-order chi connectivity index (χ0) is 25.9. The Morgan fingerprint density at radius 2 is 1.64 bits per heavy atom. The third-order valence-corrected chi connectivity index (χ3v) is 9.35. The molecule has 1 aliphatic heterocycles. The molecule has 1 aromatic heterocycles. The average Bonchev–Trinajstić information content (AvgIpc) is 3.02. The van der Waals surface area contributed by atoms with Crippen LogP contribution in [0.25, 0.3) is 10.2 Å². The van der Waals surface area contributed by atoms with Crippen LogP contribution in [0.3, 0.4) is 0 Å². The lowest BCUT2D eigenvalue weighted by Gasteiger charge is -2.19. The Labute approximate surface area is 215 Å². The number of esters is 1. The number of thiazole rings is 1. The van der Waals surface area contributed by atoms with Crippen molar-refractivity contribution in [3.63, 3.8) is 0 Å². The van der Waals surface area contributed by atoms with Gasteiger partial charge in [-0.2, -0.15) is 9.30 Å². The topological polar surface area (TPSA) is 98.0 Å². The van der Waals surface area contributed by atoms with Crippen LogP contribution in [0, 0.1) is 13.8 Å². The summed E-state index contributed by atoms with van der Waals surface area (Å²) in [6.07, 6.45) is 3.78. The highest BCUT2D eigenvalue weighted by Crippen LogP contribution is 2.23. The fraction of sp³-hybridized carbons (Fsp3) is 0.423. The van der Waals surface area contributed by atoms with Crippen LogP contribution < -0.4 is 4.80 Å². The normalized spacial score (nSPS) is 15.7. The van der Waals surface area contributed by atoms with Crippen LogP contribution in [0.2, 0.25) is 0 Å². The van der Waals surface area contributed by atoms with Crippen molar-refractivity contribution in [3.8, 4) is 0 Å². The van der Waals surface area contributed by atoms with E-state index in [0.717, 1.165) is 47.0 Å². The summed E-state index contributed by atoms with van der Waals surface area (Å²) in [5, 5.41) is 0. The van der Waals surface area contributed by atoms with E-state index in [1.54, 1.807) is 11.5 Å². The Hall–Kier alpha value is -2.82. The van der Waals surface area contributed by atoms with Crippen LogP contribution in [0.5, 0.6) is 0 Å². The molecule has 1 fully saturated rings. The van der Waals surface area contributed by atoms with Gasteiger partial charge in [0.25, 0.3) is 5.91 Å². The largest absolute Gasteiger partial charge is 0.465 e. The van der Waals surface area contributed by atoms with Crippen molar-refractivity contribution in [2.24, 2.45) is 4.99 Å². The Morgan fingerprint density at radius 1 is 1.00 bits per heavy atom. The van der Waals surface area contributed by atoms with Gasteiger partial charge in [-0.05, 0) is 81.1 Å². The Kier molecular flexibility index (Phi) is 8.07. The first-order valence-electron chi connectivity index (χ1n) is 12.2. The molecule has 3 aromatic rings. The summed E-state index contributed by atoms with van der Waals surface area (Å²) in [5.41, 5.74) is 3.25. The van der Waals surface area contributed by atoms with Crippen LogP contribution >= 0.6 is 11.3 Å². The molecular formula is C26H31N3O5S2. The predicted molar refractivity (Wildman–Crippen MR) is 139 cm³/mol. The molecule has 4 rings (SSSR count). The molecule has 2 aromatic carbocycles. The van der Waals surface area contributed by atoms with E-state index in [0.29, 0.717) is 17.9 Å². The van der Waals surface area contributed by atoms with Gasteiger partial charge < -0.3 is 9.30 Å². The molecule has 0 spiro atoms. The third kappa shape index (κ3) is 5.61. The van der Waals surface area contributed by atoms with Crippen LogP contribution in [-0.4, -0.2) is 48.9 Å². The molecular weight excluding hydrogens is 498 g/mol. The van der Waals surface area contributed by atoms with Gasteiger partial charge >= 0.3 is 5.97 Å². The molecule has 1 aliphatic rings. The Balaban J connectivity index is 1.67. The molecule has 192 valence electrons. The van der Waals surface area contributed by atoms with Crippen molar-refractivity contribution < 1.29 is 22.7 Å². The highest BCUT2D eigenvalue weighted by Gasteiger charge is 2.25. The van der Waals surface area contributed by atoms with Crippen molar-refractivity contribution in [2.45, 2.75) is 57.9 Å². The van der Waals surface area contributed by atoms with E-state index in [9.17, 15) is 18.0 Å². The van der Waals surface area contributed by atoms with E-state index >= 15 is 0 Å². The minimum absolute atomic E-state index is 0.0600. The number of rotatable bonds is 6. The molecule has 0 atom stereocenters. The third-order valence-electron chi connectivity index (χ3n) is 6.39. The smallest absolute Gasteiger partial charge is 0.326 e. The first-order valence-corrected chi connectivity index (χ1v) is 14.4. The number of benzene rings is 2. The summed E-state index contributed by atoms with van der Waals surface area (Å²) in [6.45, 7) is 6.98. The second-order valence-corrected chi connectivity index (χ2v) is 11.9. The summed E-state index contributed by atoms with van der Waals surface area (Å²) in [5.74, 6) is -0.918. The average molecular weight is 530 g/mol. The number of carbonyl (C=O) groups excluding carboxylic acids is 2. The molecule has 0 unspecified atom stereocenters. The van der Waals surface area contributed by atoms with Gasteiger partial charge in [0.1, 0.15) is 6.54 Å². The monoisotopic (exact) mass is 529 g/mol. The SMILES string of the molecule is CCOC(=O)Cn1c(=NC(=O)c2ccc(S(=O)(=O)N3CCCCCC3)cc2)sc2cc(C)c(C)cc21. The molecule has 36 heavy (non-hydrogen) atoms. The molecule has 0 aliphatic carbocycles. The van der Waals surface area contributed by atoms with Gasteiger partial charge in [-0.3, -0.25) is 9.59 Å². The van der Waals surface area contributed by atoms with E-state index < -0.39 is 21.9 Å². The van der Waals surface area contributed by atoms with Crippen molar-refractivity contribution >= 4 is 43.5 Å². The minimum atomic E-state index is -3.60. The van der Waals surface area contributed by atoms with Gasteiger partial charge in [-0.15, -0.1) is 0 Å². The van der Waals surface area contributed by atoms with E-state index in [1.807, 2.05) is 26.0 Å². The predicted octanol–water partition coefficient (Wildman–Crippen LogP) is 4.19. The summed E-state index contributed by atoms with van der Waals surface area (Å²) in [7, 11) is -3.60. The van der Waals surface area contributed by atoms with Crippen LogP contribution in [0.4, 0.5) is 0 Å². The van der Waals surface area contributed by atoms with Gasteiger partial charge in [-0.1, -0.05) is 24.2 Å². The maximum atomic E-state index is 13.0. The van der Waals surface area contributed by atoms with Crippen molar-refractivity contribution in [1.82, 2.24) is 8.87 Å². The number of amides is 1. The fourth-order valence-corrected chi connectivity index (χ4v) is 6.87. The second-order valence-electron chi connectivity index (χ2n) is 8.94. The minimum Gasteiger partial charge on any atom is -0.465 e. The first kappa shape index (κ1) is 26.2. The van der Waals surface area contributed by atoms with Crippen molar-refractivity contribution in [2.75, 3.05) is 19.7 Å². The van der Waals surface area contributed by atoms with E-state index in [4.69, 9.17) is 4.74 Å². The second kappa shape index (κ2) is 11.1. The van der Waals surface area contributed by atoms with E-state index in [-0.39, 0.29) is 23.6 Å². The molecule has 0 bridgehead atoms. The lowest BCUT2D eigenvalue weighted by Crippen LogP contribution is -2.31. The Bertz CT molecular complexity index is 1450. The quantitative estimate of drug-likeness (QED) is 0.446. The van der Waals surface area contributed by atoms with Gasteiger partial charge in [-0.25, -0.2) is 8.42 Å². The molecule has 0 radical (unpaired) electrons. The summed E-state index contributed by atoms with van der Waals surface area (Å²) in [4.78, 5) is 30.2. The van der Waals surface area contributed by atoms with Crippen molar-refractivity contribution in [3.05, 3.63) is 57.9 Å². The highest BCUT2D eigenvalue weighted by molar-refractivity contribution is 7.89. The number of aromatic nitrogens is 1. The summed E-state index contributed by atoms with van der Waals surface area (Å²) in [6, 6.07) is 9.91. The molecule has 10 heteroatoms. The highest BCUT2D eigenvalue weighted by atomic mass is 32.2. The number of sulfonamides is 1. The standard InChI is InChI=1S/C26H31N3O5S2/c1-4-34-24(30)17-29-22-15-18(2)19(3)16-23(22)35-26(29)27-25(31)20-9-11-21(12-10-20)36(32,33)28-13-7-5-6-8-14-28/h9-12,15-16H,4-8,13-14,17H2,1-3H3. The Morgan fingerprint density at radius 3 is 2.28 bits per heavy atom. The van der Waals surface area contributed by atoms with Crippen LogP contribution in [-0.2, 0) is 26.1 Å². The number of fused-ring (bicyclic) bond motifs is 1. The maximum Gasteiger partial charge on any atom is 0.326 e. The zero-order valence-corrected chi connectivity index (χ0v) is 22.5. The van der Waals surface area contributed by atoms with Gasteiger partial charge in [0.15, 0.2) is 4.80 Å². The molecule has 1 amide bonds. The molecule has 8 nitrogen and oxygen atoms in total. The van der Waals surface area contributed by atoms with Crippen molar-refractivity contribution in [1.29, 1.82) is 0 Å². The molecule has 2 heterocycles. The van der Waals surface area contributed by atoms with Gasteiger partial charge in [0.05, 0.1) is 21.7 Å². The van der Waals surface area contributed by atoms with Gasteiger partial charge in [0.2, 0.25) is 10.0 Å². The lowest BCUT2D eigenvalue weighted by molar-refractivity contribution is -0.143. The molecule has 0 N–H and O–H groups in total. The number of hydrogen-bond donors (Lipinski definition) is 0. The zero-order valence-electron chi connectivity index (χ0n) is 20.8. The number of ether oxygens (including phenoxy) is 1. The molecule has 1 saturated heterocycles. The summed E-state index contributed by atoms with van der Waals surface area (Å²) < 4.78 is 35.3. The van der Waals surface area contributed by atoms with Gasteiger partial charge in [0, 0.05) is 18.7 Å². The number of aryl methyl sites for hydroxylation is 2. The number of nitrogens with zero attached hydrogens (tertiary/aromatic N) is 3. The fourth-order valence-electron chi connectivity index (χ4n) is 4.25. The van der Waals surface area contributed by atoms with Crippen LogP contribution in [0.15, 0.2) is 46.3 Å². The number of hydrogen-bond acceptors (Lipinski definition) is 6. The van der Waals surface area contributed by atoms with Crippen LogP contribution in [0.1, 0.15) is 54.1 Å². The lowest BCUT2D eigenvalue weighted by atomic mass is 10.1. The van der Waals surface area contributed by atoms with E-state index in [2.05, 4.69) is 4.99 Å². The first-order chi connectivity index (χ1) is 17.2. The van der Waals surface area contributed by atoms with E-state index in [1.165, 1.54) is 39.9 Å². The maximum absolute atomic E-state index is 13.0. The number of carbonyl (C=O) groups is 2.